The van der Waals surface area contributed by atoms with Crippen molar-refractivity contribution in [1.82, 2.24) is 0 Å². The van der Waals surface area contributed by atoms with Gasteiger partial charge < -0.3 is 0 Å². The Bertz CT molecular complexity index is 39.7. The molecule has 0 aliphatic heterocycles. The van der Waals surface area contributed by atoms with Crippen molar-refractivity contribution >= 4 is 9.52 Å². The third-order valence-corrected chi connectivity index (χ3v) is 4.02. The highest BCUT2D eigenvalue weighted by Crippen LogP contribution is 2.12. The highest BCUT2D eigenvalue weighted by Gasteiger charge is 1.99. The van der Waals surface area contributed by atoms with Gasteiger partial charge in [-0.1, -0.05) is 45.2 Å². The summed E-state index contributed by atoms with van der Waals surface area (Å²) in [4.78, 5) is 0. The summed E-state index contributed by atoms with van der Waals surface area (Å²) in [6.07, 6.45) is 2.79. The summed E-state index contributed by atoms with van der Waals surface area (Å²) in [7, 11) is 0.211. The van der Waals surface area contributed by atoms with E-state index in [0.717, 1.165) is 5.54 Å². The Morgan fingerprint density at radius 2 is 1.88 bits per heavy atom. The molecule has 0 unspecified atom stereocenters. The number of hydrogen-bond donors (Lipinski definition) is 0. The van der Waals surface area contributed by atoms with Gasteiger partial charge >= 0.3 is 0 Å². The fourth-order valence-corrected chi connectivity index (χ4v) is 2.29. The van der Waals surface area contributed by atoms with Crippen molar-refractivity contribution < 1.29 is 0 Å². The molecule has 0 rings (SSSR count). The van der Waals surface area contributed by atoms with Gasteiger partial charge in [-0.3, -0.25) is 0 Å². The molecule has 49 valence electrons. The second kappa shape index (κ2) is 5.36. The lowest BCUT2D eigenvalue weighted by Gasteiger charge is -2.07. The maximum Gasteiger partial charge on any atom is 0.0260 e. The van der Waals surface area contributed by atoms with Crippen molar-refractivity contribution in [3.8, 4) is 0 Å². The normalized spacial score (nSPS) is 12.0. The molecule has 0 saturated carbocycles. The van der Waals surface area contributed by atoms with Crippen molar-refractivity contribution in [2.45, 2.75) is 39.2 Å². The smallest absolute Gasteiger partial charge is 0.0260 e. The van der Waals surface area contributed by atoms with Gasteiger partial charge in [-0.15, -0.1) is 0 Å². The van der Waals surface area contributed by atoms with Crippen LogP contribution in [0.5, 0.6) is 0 Å². The van der Waals surface area contributed by atoms with Gasteiger partial charge in [0.05, 0.1) is 0 Å². The average Bonchev–Trinajstić information content (AvgIpc) is 1.83. The summed E-state index contributed by atoms with van der Waals surface area (Å²) in [5.41, 5.74) is 1.08. The molecule has 0 saturated heterocycles. The van der Waals surface area contributed by atoms with Gasteiger partial charge in [-0.05, 0) is 0 Å². The molecule has 1 heteroatoms. The first-order chi connectivity index (χ1) is 3.85. The minimum atomic E-state index is 0.211. The zero-order valence-electron chi connectivity index (χ0n) is 6.28. The molecule has 0 spiro atoms. The van der Waals surface area contributed by atoms with E-state index in [-0.39, 0.29) is 9.52 Å². The zero-order chi connectivity index (χ0) is 6.41. The fraction of sp³-hybridized carbons (Fsp3) is 0.857. The van der Waals surface area contributed by atoms with Crippen LogP contribution < -0.4 is 0 Å². The summed E-state index contributed by atoms with van der Waals surface area (Å²) in [6, 6.07) is 2.40. The van der Waals surface area contributed by atoms with Gasteiger partial charge in [0.2, 0.25) is 0 Å². The van der Waals surface area contributed by atoms with E-state index in [1.807, 2.05) is 0 Å². The molecule has 0 amide bonds. The quantitative estimate of drug-likeness (QED) is 0.509. The van der Waals surface area contributed by atoms with E-state index in [9.17, 15) is 0 Å². The van der Waals surface area contributed by atoms with Crippen LogP contribution in [0.2, 0.25) is 5.54 Å². The molecule has 0 aromatic rings. The molecule has 0 aromatic heterocycles. The maximum atomic E-state index is 2.40. The summed E-state index contributed by atoms with van der Waals surface area (Å²) in [5, 5.41) is 0. The van der Waals surface area contributed by atoms with E-state index in [0.29, 0.717) is 0 Å². The third kappa shape index (κ3) is 3.25. The second-order valence-electron chi connectivity index (χ2n) is 2.33. The first-order valence-corrected chi connectivity index (χ1v) is 5.26. The van der Waals surface area contributed by atoms with Crippen molar-refractivity contribution in [3.05, 3.63) is 6.04 Å². The molecular weight excluding hydrogens is 112 g/mol. The molecule has 0 aromatic carbocycles. The highest BCUT2D eigenvalue weighted by molar-refractivity contribution is 6.41. The summed E-state index contributed by atoms with van der Waals surface area (Å²) in [5.74, 6) is 0. The minimum Gasteiger partial charge on any atom is -0.0654 e. The summed E-state index contributed by atoms with van der Waals surface area (Å²) in [6.45, 7) is 6.79. The molecular formula is C7H17Si. The van der Waals surface area contributed by atoms with Gasteiger partial charge in [0, 0.05) is 9.52 Å². The first-order valence-electron chi connectivity index (χ1n) is 3.62. The molecule has 0 heterocycles. The molecule has 0 bridgehead atoms. The molecule has 1 radical (unpaired) electrons. The average molecular weight is 129 g/mol. The molecule has 8 heavy (non-hydrogen) atoms. The second-order valence-corrected chi connectivity index (χ2v) is 4.77. The highest BCUT2D eigenvalue weighted by atomic mass is 28.2. The standard InChI is InChI=1S/C7H17Si/c1-4-7(5-2)8-6-3/h6-7H,4-5,8H2,1-3H3. The van der Waals surface area contributed by atoms with Crippen molar-refractivity contribution in [3.63, 3.8) is 0 Å². The Labute approximate surface area is 55.5 Å². The van der Waals surface area contributed by atoms with E-state index in [4.69, 9.17) is 0 Å². The van der Waals surface area contributed by atoms with E-state index < -0.39 is 0 Å². The predicted molar refractivity (Wildman–Crippen MR) is 42.9 cm³/mol. The van der Waals surface area contributed by atoms with E-state index >= 15 is 0 Å². The largest absolute Gasteiger partial charge is 0.0654 e. The molecule has 0 fully saturated rings. The molecule has 0 nitrogen and oxygen atoms in total. The van der Waals surface area contributed by atoms with Crippen LogP contribution in [0.3, 0.4) is 0 Å². The van der Waals surface area contributed by atoms with Gasteiger partial charge in [-0.25, -0.2) is 0 Å². The van der Waals surface area contributed by atoms with Crippen LogP contribution in [0.15, 0.2) is 0 Å². The van der Waals surface area contributed by atoms with Crippen molar-refractivity contribution in [2.75, 3.05) is 0 Å². The molecule has 0 aliphatic carbocycles. The van der Waals surface area contributed by atoms with Crippen molar-refractivity contribution in [2.24, 2.45) is 0 Å². The first kappa shape index (κ1) is 8.22. The van der Waals surface area contributed by atoms with Crippen LogP contribution in [0.4, 0.5) is 0 Å². The summed E-state index contributed by atoms with van der Waals surface area (Å²) >= 11 is 0. The van der Waals surface area contributed by atoms with Crippen LogP contribution in [0.25, 0.3) is 0 Å². The molecule has 0 aliphatic rings. The van der Waals surface area contributed by atoms with Crippen LogP contribution in [0.1, 0.15) is 33.6 Å². The Balaban J connectivity index is 3.07. The van der Waals surface area contributed by atoms with Gasteiger partial charge in [0.25, 0.3) is 0 Å². The van der Waals surface area contributed by atoms with Crippen LogP contribution in [0, 0.1) is 6.04 Å². The van der Waals surface area contributed by atoms with Crippen molar-refractivity contribution in [1.29, 1.82) is 0 Å². The Hall–Kier alpha value is 0.217. The van der Waals surface area contributed by atoms with Gasteiger partial charge in [0.1, 0.15) is 0 Å². The lowest BCUT2D eigenvalue weighted by molar-refractivity contribution is 0.760. The van der Waals surface area contributed by atoms with E-state index in [2.05, 4.69) is 26.8 Å². The minimum absolute atomic E-state index is 0.211. The molecule has 0 atom stereocenters. The Morgan fingerprint density at radius 3 is 2.00 bits per heavy atom. The Kier molecular flexibility index (Phi) is 5.50. The number of rotatable bonds is 4. The van der Waals surface area contributed by atoms with E-state index in [1.54, 1.807) is 0 Å². The van der Waals surface area contributed by atoms with Crippen LogP contribution in [-0.2, 0) is 0 Å². The van der Waals surface area contributed by atoms with E-state index in [1.165, 1.54) is 12.8 Å². The Morgan fingerprint density at radius 1 is 1.38 bits per heavy atom. The fourth-order valence-electron chi connectivity index (χ4n) is 0.955. The SMILES string of the molecule is C[CH][SiH2]C(CC)CC. The van der Waals surface area contributed by atoms with Gasteiger partial charge in [-0.2, -0.15) is 0 Å². The van der Waals surface area contributed by atoms with Gasteiger partial charge in [0.15, 0.2) is 0 Å². The number of hydrogen-bond acceptors (Lipinski definition) is 0. The lowest BCUT2D eigenvalue weighted by atomic mass is 10.3. The predicted octanol–water partition coefficient (Wildman–Crippen LogP) is 1.95. The third-order valence-electron chi connectivity index (χ3n) is 1.72. The lowest BCUT2D eigenvalue weighted by Crippen LogP contribution is -1.99. The van der Waals surface area contributed by atoms with Crippen LogP contribution in [-0.4, -0.2) is 9.52 Å². The zero-order valence-corrected chi connectivity index (χ0v) is 7.69. The topological polar surface area (TPSA) is 0 Å². The summed E-state index contributed by atoms with van der Waals surface area (Å²) < 4.78 is 0. The van der Waals surface area contributed by atoms with Crippen LogP contribution >= 0.6 is 0 Å². The maximum absolute atomic E-state index is 2.40. The monoisotopic (exact) mass is 129 g/mol. The molecule has 0 N–H and O–H groups in total.